The Morgan fingerprint density at radius 3 is 2.47 bits per heavy atom. The number of halogens is 2. The van der Waals surface area contributed by atoms with Gasteiger partial charge in [-0.1, -0.05) is 6.07 Å². The molecule has 57 heavy (non-hydrogen) atoms. The van der Waals surface area contributed by atoms with Crippen LogP contribution in [-0.2, 0) is 16.6 Å². The molecule has 2 saturated heterocycles. The van der Waals surface area contributed by atoms with Crippen LogP contribution in [0.5, 0.6) is 0 Å². The fourth-order valence-corrected chi connectivity index (χ4v) is 8.91. The van der Waals surface area contributed by atoms with Gasteiger partial charge < -0.3 is 20.0 Å². The molecule has 3 fully saturated rings. The van der Waals surface area contributed by atoms with Crippen molar-refractivity contribution in [3.63, 3.8) is 0 Å². The number of imidazole rings is 1. The standard InChI is InChI=1S/C39H48F2N12O4/c1-47(2)31-16-19-51-36(44-31)26(20-42-51)37(55)43-27-22-52(46-33(27)35(40)41)25-10-8-23(9-11-25)21-48(3)24-14-17-50(18-15-24)28-6-5-7-29-34(28)49(4)39(57)53(29)30-12-13-32(54)45-38(30)56/h5-7,16,19-20,22-25,30,35H,8-15,17-18,21H2,1-4H3,(H,43,55)(H,45,54,56)/t23-,25-,30?. The van der Waals surface area contributed by atoms with Gasteiger partial charge in [0.15, 0.2) is 11.3 Å². The second-order valence-electron chi connectivity index (χ2n) is 15.8. The third kappa shape index (κ3) is 7.26. The van der Waals surface area contributed by atoms with Crippen LogP contribution < -0.4 is 26.1 Å². The number of aryl methyl sites for hydroxylation is 1. The monoisotopic (exact) mass is 786 g/mol. The van der Waals surface area contributed by atoms with Crippen LogP contribution in [0, 0.1) is 5.92 Å². The summed E-state index contributed by atoms with van der Waals surface area (Å²) in [5, 5.41) is 13.5. The molecule has 0 radical (unpaired) electrons. The highest BCUT2D eigenvalue weighted by Gasteiger charge is 2.34. The number of alkyl halides is 2. The van der Waals surface area contributed by atoms with Gasteiger partial charge in [-0.3, -0.25) is 33.5 Å². The van der Waals surface area contributed by atoms with E-state index in [2.05, 4.69) is 42.7 Å². The van der Waals surface area contributed by atoms with E-state index in [-0.39, 0.29) is 35.3 Å². The van der Waals surface area contributed by atoms with E-state index in [0.717, 1.165) is 69.4 Å². The molecule has 16 nitrogen and oxygen atoms in total. The van der Waals surface area contributed by atoms with Crippen molar-refractivity contribution in [2.45, 2.75) is 75.9 Å². The lowest BCUT2D eigenvalue weighted by atomic mass is 9.85. The van der Waals surface area contributed by atoms with Crippen molar-refractivity contribution < 1.29 is 23.2 Å². The van der Waals surface area contributed by atoms with Gasteiger partial charge in [-0.25, -0.2) is 23.1 Å². The van der Waals surface area contributed by atoms with Gasteiger partial charge in [-0.05, 0) is 76.1 Å². The number of imide groups is 1. The number of amides is 3. The Kier molecular flexibility index (Phi) is 10.3. The maximum absolute atomic E-state index is 14.2. The molecule has 6 heterocycles. The number of carbonyl (C=O) groups is 3. The van der Waals surface area contributed by atoms with E-state index in [0.29, 0.717) is 35.4 Å². The van der Waals surface area contributed by atoms with Crippen molar-refractivity contribution in [2.24, 2.45) is 13.0 Å². The topological polar surface area (TPSA) is 160 Å². The van der Waals surface area contributed by atoms with Crippen LogP contribution in [0.4, 0.5) is 26.0 Å². The number of benzene rings is 1. The smallest absolute Gasteiger partial charge is 0.329 e. The molecule has 4 aromatic heterocycles. The lowest BCUT2D eigenvalue weighted by Gasteiger charge is -2.40. The first-order valence-electron chi connectivity index (χ1n) is 19.6. The summed E-state index contributed by atoms with van der Waals surface area (Å²) >= 11 is 0. The fraction of sp³-hybridized carbons (Fsp3) is 0.513. The van der Waals surface area contributed by atoms with Crippen molar-refractivity contribution in [3.05, 3.63) is 64.6 Å². The fourth-order valence-electron chi connectivity index (χ4n) is 8.91. The summed E-state index contributed by atoms with van der Waals surface area (Å²) < 4.78 is 34.6. The lowest BCUT2D eigenvalue weighted by Crippen LogP contribution is -2.45. The molecule has 1 atom stereocenters. The number of anilines is 3. The van der Waals surface area contributed by atoms with Crippen LogP contribution in [0.15, 0.2) is 47.7 Å². The number of hydrogen-bond acceptors (Lipinski definition) is 10. The normalized spacial score (nSPS) is 20.9. The summed E-state index contributed by atoms with van der Waals surface area (Å²) in [4.78, 5) is 62.3. The third-order valence-corrected chi connectivity index (χ3v) is 12.0. The molecule has 2 N–H and O–H groups in total. The van der Waals surface area contributed by atoms with Crippen LogP contribution in [0.2, 0.25) is 0 Å². The molecule has 3 aliphatic rings. The van der Waals surface area contributed by atoms with Gasteiger partial charge in [0.05, 0.1) is 34.6 Å². The molecule has 302 valence electrons. The maximum atomic E-state index is 14.2. The number of piperidine rings is 2. The zero-order valence-corrected chi connectivity index (χ0v) is 32.6. The molecule has 8 rings (SSSR count). The van der Waals surface area contributed by atoms with E-state index >= 15 is 0 Å². The van der Waals surface area contributed by atoms with E-state index in [1.165, 1.54) is 21.5 Å². The number of rotatable bonds is 10. The van der Waals surface area contributed by atoms with Gasteiger partial charge in [-0.15, -0.1) is 0 Å². The van der Waals surface area contributed by atoms with E-state index in [1.54, 1.807) is 33.5 Å². The summed E-state index contributed by atoms with van der Waals surface area (Å²) in [5.74, 6) is -0.259. The number of nitrogens with one attached hydrogen (secondary N) is 2. The summed E-state index contributed by atoms with van der Waals surface area (Å²) in [5.41, 5.74) is 2.17. The summed E-state index contributed by atoms with van der Waals surface area (Å²) in [6.45, 7) is 2.56. The number of carbonyl (C=O) groups excluding carboxylic acids is 3. The maximum Gasteiger partial charge on any atom is 0.329 e. The Labute approximate surface area is 327 Å². The molecular weight excluding hydrogens is 739 g/mol. The zero-order valence-electron chi connectivity index (χ0n) is 32.6. The molecule has 0 bridgehead atoms. The van der Waals surface area contributed by atoms with E-state index in [4.69, 9.17) is 0 Å². The van der Waals surface area contributed by atoms with Crippen LogP contribution in [-0.4, -0.2) is 103 Å². The van der Waals surface area contributed by atoms with Crippen molar-refractivity contribution in [2.75, 3.05) is 55.9 Å². The predicted octanol–water partition coefficient (Wildman–Crippen LogP) is 4.14. The molecule has 2 aliphatic heterocycles. The largest absolute Gasteiger partial charge is 0.370 e. The van der Waals surface area contributed by atoms with Gasteiger partial charge in [0.25, 0.3) is 12.3 Å². The molecule has 1 saturated carbocycles. The molecule has 1 aromatic carbocycles. The Morgan fingerprint density at radius 2 is 1.77 bits per heavy atom. The number of aromatic nitrogens is 7. The average Bonchev–Trinajstić information content (AvgIpc) is 3.89. The molecule has 0 spiro atoms. The van der Waals surface area contributed by atoms with Crippen LogP contribution in [0.1, 0.15) is 85.9 Å². The second-order valence-corrected chi connectivity index (χ2v) is 15.8. The van der Waals surface area contributed by atoms with Crippen molar-refractivity contribution in [3.8, 4) is 0 Å². The van der Waals surface area contributed by atoms with Gasteiger partial charge >= 0.3 is 5.69 Å². The third-order valence-electron chi connectivity index (χ3n) is 12.0. The molecule has 3 amide bonds. The Hall–Kier alpha value is -5.65. The number of fused-ring (bicyclic) bond motifs is 2. The van der Waals surface area contributed by atoms with Gasteiger partial charge in [0, 0.05) is 65.6 Å². The minimum Gasteiger partial charge on any atom is -0.370 e. The van der Waals surface area contributed by atoms with E-state index < -0.39 is 30.0 Å². The lowest BCUT2D eigenvalue weighted by molar-refractivity contribution is -0.135. The molecule has 1 aliphatic carbocycles. The first kappa shape index (κ1) is 38.2. The molecule has 18 heteroatoms. The number of nitrogens with zero attached hydrogens (tertiary/aromatic N) is 10. The highest BCUT2D eigenvalue weighted by Crippen LogP contribution is 2.37. The molecule has 1 unspecified atom stereocenters. The van der Waals surface area contributed by atoms with Gasteiger partial charge in [0.1, 0.15) is 17.4 Å². The van der Waals surface area contributed by atoms with Crippen molar-refractivity contribution >= 4 is 51.6 Å². The van der Waals surface area contributed by atoms with Crippen molar-refractivity contribution in [1.82, 2.24) is 43.7 Å². The first-order valence-corrected chi connectivity index (χ1v) is 19.6. The van der Waals surface area contributed by atoms with Crippen LogP contribution in [0.25, 0.3) is 16.7 Å². The van der Waals surface area contributed by atoms with Gasteiger partial charge in [0.2, 0.25) is 11.8 Å². The summed E-state index contributed by atoms with van der Waals surface area (Å²) in [6, 6.07) is 7.18. The Bertz CT molecular complexity index is 2380. The minimum absolute atomic E-state index is 0.0170. The highest BCUT2D eigenvalue weighted by molar-refractivity contribution is 6.08. The molecular formula is C39H48F2N12O4. The SMILES string of the molecule is CN(C)c1ccn2ncc(C(=O)Nc3cn([C@H]4CC[C@H](CN(C)C5CCN(c6cccc7c6n(C)c(=O)n7C6CCC(=O)NC6=O)CC5)CC4)nc3C(F)F)c2n1. The van der Waals surface area contributed by atoms with Crippen LogP contribution in [0.3, 0.4) is 0 Å². The second kappa shape index (κ2) is 15.4. The molecule has 5 aromatic rings. The van der Waals surface area contributed by atoms with E-state index in [9.17, 15) is 28.0 Å². The Morgan fingerprint density at radius 1 is 1.02 bits per heavy atom. The number of para-hydroxylation sites is 1. The first-order chi connectivity index (χ1) is 27.4. The average molecular weight is 787 g/mol. The summed E-state index contributed by atoms with van der Waals surface area (Å²) in [6.07, 6.45) is 7.56. The van der Waals surface area contributed by atoms with Gasteiger partial charge in [-0.2, -0.15) is 10.2 Å². The minimum atomic E-state index is -2.86. The quantitative estimate of drug-likeness (QED) is 0.197. The van der Waals surface area contributed by atoms with E-state index in [1.807, 2.05) is 32.3 Å². The predicted molar refractivity (Wildman–Crippen MR) is 210 cm³/mol. The summed E-state index contributed by atoms with van der Waals surface area (Å²) in [7, 11) is 7.57. The van der Waals surface area contributed by atoms with Crippen molar-refractivity contribution in [1.29, 1.82) is 0 Å². The zero-order chi connectivity index (χ0) is 40.1. The Balaban J connectivity index is 0.869. The van der Waals surface area contributed by atoms with Crippen LogP contribution >= 0.6 is 0 Å². The number of hydrogen-bond donors (Lipinski definition) is 2. The highest BCUT2D eigenvalue weighted by atomic mass is 19.3.